The first-order valence-corrected chi connectivity index (χ1v) is 8.37. The molecule has 4 heteroatoms. The molecule has 0 amide bonds. The molecule has 2 heterocycles. The minimum Gasteiger partial charge on any atom is -0.306 e. The summed E-state index contributed by atoms with van der Waals surface area (Å²) in [6, 6.07) is 12.4. The molecule has 0 saturated carbocycles. The van der Waals surface area contributed by atoms with Crippen LogP contribution in [0.1, 0.15) is 29.8 Å². The Morgan fingerprint density at radius 2 is 2.10 bits per heavy atom. The second-order valence-electron chi connectivity index (χ2n) is 4.94. The van der Waals surface area contributed by atoms with Crippen LogP contribution in [0.2, 0.25) is 5.02 Å². The molecule has 21 heavy (non-hydrogen) atoms. The molecule has 0 spiro atoms. The van der Waals surface area contributed by atoms with Gasteiger partial charge in [0.1, 0.15) is 0 Å². The fourth-order valence-corrected chi connectivity index (χ4v) is 3.77. The highest BCUT2D eigenvalue weighted by Gasteiger charge is 2.19. The summed E-state index contributed by atoms with van der Waals surface area (Å²) in [5.41, 5.74) is 2.25. The number of rotatable bonds is 5. The average molecular weight is 317 g/mol. The molecule has 0 fully saturated rings. The Labute approximate surface area is 133 Å². The summed E-state index contributed by atoms with van der Waals surface area (Å²) in [7, 11) is 0. The molecule has 1 atom stereocenters. The van der Waals surface area contributed by atoms with Crippen molar-refractivity contribution in [2.45, 2.75) is 19.4 Å². The highest BCUT2D eigenvalue weighted by Crippen LogP contribution is 2.35. The van der Waals surface area contributed by atoms with Gasteiger partial charge in [-0.2, -0.15) is 0 Å². The molecule has 1 aromatic carbocycles. The van der Waals surface area contributed by atoms with Crippen molar-refractivity contribution in [3.05, 3.63) is 63.4 Å². The predicted octanol–water partition coefficient (Wildman–Crippen LogP) is 5.04. The van der Waals surface area contributed by atoms with E-state index in [1.165, 1.54) is 15.8 Å². The minimum atomic E-state index is 0.116. The molecule has 1 unspecified atom stereocenters. The third-order valence-electron chi connectivity index (χ3n) is 3.50. The maximum absolute atomic E-state index is 6.37. The number of halogens is 1. The zero-order valence-electron chi connectivity index (χ0n) is 11.8. The molecule has 0 aliphatic rings. The van der Waals surface area contributed by atoms with E-state index in [-0.39, 0.29) is 6.04 Å². The first-order valence-electron chi connectivity index (χ1n) is 7.11. The third kappa shape index (κ3) is 2.95. The van der Waals surface area contributed by atoms with Gasteiger partial charge in [-0.15, -0.1) is 11.3 Å². The van der Waals surface area contributed by atoms with Crippen LogP contribution >= 0.6 is 22.9 Å². The molecule has 1 N–H and O–H groups in total. The summed E-state index contributed by atoms with van der Waals surface area (Å²) in [5.74, 6) is 0. The molecule has 3 aromatic rings. The molecular formula is C17H17ClN2S. The molecule has 0 aliphatic carbocycles. The highest BCUT2D eigenvalue weighted by molar-refractivity contribution is 7.10. The van der Waals surface area contributed by atoms with Crippen LogP contribution in [0.3, 0.4) is 0 Å². The number of hydrogen-bond donors (Lipinski definition) is 1. The normalized spacial score (nSPS) is 12.7. The number of pyridine rings is 1. The van der Waals surface area contributed by atoms with Gasteiger partial charge in [0.15, 0.2) is 0 Å². The summed E-state index contributed by atoms with van der Waals surface area (Å²) in [4.78, 5) is 5.62. The summed E-state index contributed by atoms with van der Waals surface area (Å²) in [6.45, 7) is 3.13. The Balaban J connectivity index is 2.12. The zero-order chi connectivity index (χ0) is 14.7. The van der Waals surface area contributed by atoms with Crippen LogP contribution in [0.5, 0.6) is 0 Å². The van der Waals surface area contributed by atoms with Gasteiger partial charge in [0.25, 0.3) is 0 Å². The molecule has 0 radical (unpaired) electrons. The summed E-state index contributed by atoms with van der Waals surface area (Å²) in [5, 5.41) is 7.67. The maximum Gasteiger partial charge on any atom is 0.0705 e. The average Bonchev–Trinajstić information content (AvgIpc) is 2.94. The first-order chi connectivity index (χ1) is 10.3. The Kier molecular flexibility index (Phi) is 4.54. The molecule has 2 aromatic heterocycles. The second kappa shape index (κ2) is 6.56. The first kappa shape index (κ1) is 14.5. The number of hydrogen-bond acceptors (Lipinski definition) is 3. The van der Waals surface area contributed by atoms with E-state index in [1.807, 2.05) is 29.8 Å². The van der Waals surface area contributed by atoms with Crippen molar-refractivity contribution in [1.82, 2.24) is 10.3 Å². The lowest BCUT2D eigenvalue weighted by atomic mass is 10.0. The van der Waals surface area contributed by atoms with Gasteiger partial charge >= 0.3 is 0 Å². The highest BCUT2D eigenvalue weighted by atomic mass is 35.5. The number of nitrogens with one attached hydrogen (secondary N) is 1. The molecular weight excluding hydrogens is 300 g/mol. The lowest BCUT2D eigenvalue weighted by molar-refractivity contribution is 0.609. The smallest absolute Gasteiger partial charge is 0.0705 e. The number of thiophene rings is 1. The molecule has 3 rings (SSSR count). The van der Waals surface area contributed by atoms with Gasteiger partial charge in [0.2, 0.25) is 0 Å². The number of para-hydroxylation sites is 1. The van der Waals surface area contributed by atoms with Crippen molar-refractivity contribution in [2.24, 2.45) is 0 Å². The maximum atomic E-state index is 6.37. The van der Waals surface area contributed by atoms with E-state index in [0.29, 0.717) is 0 Å². The van der Waals surface area contributed by atoms with Crippen LogP contribution in [0.15, 0.2) is 48.0 Å². The van der Waals surface area contributed by atoms with Gasteiger partial charge in [-0.1, -0.05) is 36.7 Å². The summed E-state index contributed by atoms with van der Waals surface area (Å²) < 4.78 is 0. The van der Waals surface area contributed by atoms with Crippen LogP contribution in [-0.2, 0) is 0 Å². The monoisotopic (exact) mass is 316 g/mol. The van der Waals surface area contributed by atoms with E-state index in [2.05, 4.69) is 35.4 Å². The summed E-state index contributed by atoms with van der Waals surface area (Å²) in [6.07, 6.45) is 2.96. The number of benzene rings is 1. The molecule has 0 saturated heterocycles. The van der Waals surface area contributed by atoms with Gasteiger partial charge in [0.05, 0.1) is 16.6 Å². The van der Waals surface area contributed by atoms with Crippen LogP contribution in [0, 0.1) is 0 Å². The van der Waals surface area contributed by atoms with E-state index in [0.717, 1.165) is 23.5 Å². The van der Waals surface area contributed by atoms with Crippen molar-refractivity contribution < 1.29 is 0 Å². The number of nitrogens with zero attached hydrogens (tertiary/aromatic N) is 1. The van der Waals surface area contributed by atoms with E-state index in [4.69, 9.17) is 11.6 Å². The largest absolute Gasteiger partial charge is 0.306 e. The second-order valence-corrected chi connectivity index (χ2v) is 6.29. The lowest BCUT2D eigenvalue weighted by Gasteiger charge is -2.20. The van der Waals surface area contributed by atoms with E-state index >= 15 is 0 Å². The number of fused-ring (bicyclic) bond motifs is 1. The van der Waals surface area contributed by atoms with Gasteiger partial charge in [0, 0.05) is 16.5 Å². The minimum absolute atomic E-state index is 0.116. The SMILES string of the molecule is CCCNC(c1sccc1Cl)c1ccnc2ccccc12. The van der Waals surface area contributed by atoms with Gasteiger partial charge in [-0.05, 0) is 42.1 Å². The quantitative estimate of drug-likeness (QED) is 0.713. The van der Waals surface area contributed by atoms with Gasteiger partial charge in [-0.25, -0.2) is 0 Å². The van der Waals surface area contributed by atoms with Gasteiger partial charge in [-0.3, -0.25) is 4.98 Å². The zero-order valence-corrected chi connectivity index (χ0v) is 13.4. The van der Waals surface area contributed by atoms with Crippen LogP contribution in [0.25, 0.3) is 10.9 Å². The van der Waals surface area contributed by atoms with Crippen LogP contribution in [-0.4, -0.2) is 11.5 Å². The van der Waals surface area contributed by atoms with Crippen molar-refractivity contribution in [3.63, 3.8) is 0 Å². The summed E-state index contributed by atoms with van der Waals surface area (Å²) >= 11 is 8.07. The van der Waals surface area contributed by atoms with E-state index in [9.17, 15) is 0 Å². The van der Waals surface area contributed by atoms with E-state index < -0.39 is 0 Å². The molecule has 0 aliphatic heterocycles. The lowest BCUT2D eigenvalue weighted by Crippen LogP contribution is -2.23. The van der Waals surface area contributed by atoms with Gasteiger partial charge < -0.3 is 5.32 Å². The van der Waals surface area contributed by atoms with Crippen molar-refractivity contribution in [1.29, 1.82) is 0 Å². The van der Waals surface area contributed by atoms with Crippen molar-refractivity contribution in [3.8, 4) is 0 Å². The fraction of sp³-hybridized carbons (Fsp3) is 0.235. The fourth-order valence-electron chi connectivity index (χ4n) is 2.51. The third-order valence-corrected chi connectivity index (χ3v) is 4.92. The van der Waals surface area contributed by atoms with Crippen molar-refractivity contribution >= 4 is 33.8 Å². The Hall–Kier alpha value is -1.42. The molecule has 108 valence electrons. The van der Waals surface area contributed by atoms with Crippen LogP contribution < -0.4 is 5.32 Å². The molecule has 0 bridgehead atoms. The van der Waals surface area contributed by atoms with Crippen LogP contribution in [0.4, 0.5) is 0 Å². The molecule has 2 nitrogen and oxygen atoms in total. The number of aromatic nitrogens is 1. The Morgan fingerprint density at radius 3 is 2.86 bits per heavy atom. The standard InChI is InChI=1S/C17H17ClN2S/c1-2-9-20-16(17-14(18)8-11-21-17)13-7-10-19-15-6-4-3-5-12(13)15/h3-8,10-11,16,20H,2,9H2,1H3. The predicted molar refractivity (Wildman–Crippen MR) is 91.2 cm³/mol. The Morgan fingerprint density at radius 1 is 1.24 bits per heavy atom. The van der Waals surface area contributed by atoms with E-state index in [1.54, 1.807) is 11.3 Å². The Bertz CT molecular complexity index is 733. The van der Waals surface area contributed by atoms with Crippen molar-refractivity contribution in [2.75, 3.05) is 6.54 Å². The topological polar surface area (TPSA) is 24.9 Å².